The molecule has 0 radical (unpaired) electrons. The van der Waals surface area contributed by atoms with Gasteiger partial charge in [-0.15, -0.1) is 11.3 Å². The maximum Gasteiger partial charge on any atom is 0.230 e. The van der Waals surface area contributed by atoms with Crippen molar-refractivity contribution in [3.8, 4) is 16.3 Å². The van der Waals surface area contributed by atoms with Crippen molar-refractivity contribution in [1.82, 2.24) is 4.98 Å². The van der Waals surface area contributed by atoms with Gasteiger partial charge in [0.05, 0.1) is 22.8 Å². The molecule has 0 aliphatic rings. The highest BCUT2D eigenvalue weighted by molar-refractivity contribution is 7.13. The minimum atomic E-state index is -0.201. The average molecular weight is 360 g/mol. The molecule has 1 amide bonds. The van der Waals surface area contributed by atoms with Crippen LogP contribution in [0.5, 0.6) is 5.75 Å². The predicted molar refractivity (Wildman–Crippen MR) is 97.4 cm³/mol. The second kappa shape index (κ2) is 6.90. The van der Waals surface area contributed by atoms with Crippen LogP contribution >= 0.6 is 22.9 Å². The minimum absolute atomic E-state index is 0.101. The lowest BCUT2D eigenvalue weighted by Crippen LogP contribution is -2.14. The number of rotatable bonds is 4. The number of halogens is 1. The van der Waals surface area contributed by atoms with Gasteiger partial charge in [-0.1, -0.05) is 23.7 Å². The fourth-order valence-corrected chi connectivity index (χ4v) is 3.09. The molecule has 3 aromatic rings. The number of anilines is 2. The van der Waals surface area contributed by atoms with Gasteiger partial charge in [0, 0.05) is 22.7 Å². The highest BCUT2D eigenvalue weighted by Gasteiger charge is 2.10. The van der Waals surface area contributed by atoms with E-state index in [1.54, 1.807) is 30.3 Å². The van der Waals surface area contributed by atoms with Gasteiger partial charge in [0.15, 0.2) is 0 Å². The number of carbonyl (C=O) groups excluding carboxylic acids is 1. The normalized spacial score (nSPS) is 10.5. The number of nitrogens with one attached hydrogen (secondary N) is 1. The summed E-state index contributed by atoms with van der Waals surface area (Å²) in [5, 5.41) is 15.2. The zero-order valence-electron chi connectivity index (χ0n) is 12.5. The summed E-state index contributed by atoms with van der Waals surface area (Å²) >= 11 is 7.36. The molecule has 0 saturated carbocycles. The molecule has 0 saturated heterocycles. The maximum absolute atomic E-state index is 12.1. The van der Waals surface area contributed by atoms with E-state index in [0.29, 0.717) is 22.1 Å². The van der Waals surface area contributed by atoms with Gasteiger partial charge in [0.2, 0.25) is 5.91 Å². The zero-order chi connectivity index (χ0) is 17.1. The van der Waals surface area contributed by atoms with Crippen LogP contribution in [0.2, 0.25) is 5.02 Å². The number of thiazole rings is 1. The molecular formula is C17H14ClN3O2S. The van der Waals surface area contributed by atoms with Gasteiger partial charge in [-0.3, -0.25) is 4.79 Å². The molecule has 1 aromatic heterocycles. The van der Waals surface area contributed by atoms with Gasteiger partial charge in [-0.05, 0) is 24.3 Å². The molecule has 3 rings (SSSR count). The number of benzene rings is 2. The van der Waals surface area contributed by atoms with Crippen molar-refractivity contribution in [2.24, 2.45) is 0 Å². The van der Waals surface area contributed by atoms with Crippen LogP contribution in [-0.4, -0.2) is 16.0 Å². The Kier molecular flexibility index (Phi) is 4.69. The Bertz CT molecular complexity index is 895. The van der Waals surface area contributed by atoms with Crippen LogP contribution in [0.3, 0.4) is 0 Å². The standard InChI is InChI=1S/C17H14ClN3O2S/c18-14-5-4-10(6-15(14)19)17-21-12(9-24-17)8-16(23)20-11-2-1-3-13(22)7-11/h1-7,9,22H,8,19H2,(H,20,23). The van der Waals surface area contributed by atoms with E-state index in [-0.39, 0.29) is 18.1 Å². The van der Waals surface area contributed by atoms with Gasteiger partial charge < -0.3 is 16.2 Å². The Labute approximate surface area is 147 Å². The average Bonchev–Trinajstić information content (AvgIpc) is 2.98. The number of carbonyl (C=O) groups is 1. The number of phenols is 1. The maximum atomic E-state index is 12.1. The molecule has 24 heavy (non-hydrogen) atoms. The van der Waals surface area contributed by atoms with Gasteiger partial charge >= 0.3 is 0 Å². The smallest absolute Gasteiger partial charge is 0.230 e. The molecular weight excluding hydrogens is 346 g/mol. The molecule has 0 fully saturated rings. The Hall–Kier alpha value is -2.57. The van der Waals surface area contributed by atoms with E-state index >= 15 is 0 Å². The van der Waals surface area contributed by atoms with Crippen LogP contribution in [0.15, 0.2) is 47.8 Å². The third-order valence-electron chi connectivity index (χ3n) is 3.27. The SMILES string of the molecule is Nc1cc(-c2nc(CC(=O)Nc3cccc(O)c3)cs2)ccc1Cl. The fourth-order valence-electron chi connectivity index (χ4n) is 2.15. The summed E-state index contributed by atoms with van der Waals surface area (Å²) in [7, 11) is 0. The molecule has 122 valence electrons. The van der Waals surface area contributed by atoms with Crippen LogP contribution in [-0.2, 0) is 11.2 Å². The lowest BCUT2D eigenvalue weighted by atomic mass is 10.2. The summed E-state index contributed by atoms with van der Waals surface area (Å²) in [5.74, 6) is -0.0999. The number of aromatic nitrogens is 1. The molecule has 0 spiro atoms. The number of nitrogens with two attached hydrogens (primary N) is 1. The first-order valence-corrected chi connectivity index (χ1v) is 8.36. The van der Waals surface area contributed by atoms with Crippen molar-refractivity contribution in [2.45, 2.75) is 6.42 Å². The number of hydrogen-bond donors (Lipinski definition) is 3. The summed E-state index contributed by atoms with van der Waals surface area (Å²) in [5.41, 5.74) is 8.37. The van der Waals surface area contributed by atoms with E-state index in [1.165, 1.54) is 17.4 Å². The highest BCUT2D eigenvalue weighted by Crippen LogP contribution is 2.29. The Morgan fingerprint density at radius 3 is 2.88 bits per heavy atom. The Balaban J connectivity index is 1.69. The topological polar surface area (TPSA) is 88.2 Å². The summed E-state index contributed by atoms with van der Waals surface area (Å²) in [6.45, 7) is 0. The number of hydrogen-bond acceptors (Lipinski definition) is 5. The summed E-state index contributed by atoms with van der Waals surface area (Å²) < 4.78 is 0. The number of aromatic hydroxyl groups is 1. The lowest BCUT2D eigenvalue weighted by Gasteiger charge is -2.04. The molecule has 0 unspecified atom stereocenters. The van der Waals surface area contributed by atoms with Crippen LogP contribution in [0.4, 0.5) is 11.4 Å². The minimum Gasteiger partial charge on any atom is -0.508 e. The molecule has 0 aliphatic heterocycles. The molecule has 2 aromatic carbocycles. The van der Waals surface area contributed by atoms with Gasteiger partial charge in [0.25, 0.3) is 0 Å². The number of nitrogens with zero attached hydrogens (tertiary/aromatic N) is 1. The van der Waals surface area contributed by atoms with E-state index in [2.05, 4.69) is 10.3 Å². The van der Waals surface area contributed by atoms with Crippen LogP contribution < -0.4 is 11.1 Å². The molecule has 0 bridgehead atoms. The van der Waals surface area contributed by atoms with E-state index in [9.17, 15) is 9.90 Å². The van der Waals surface area contributed by atoms with Crippen molar-refractivity contribution in [2.75, 3.05) is 11.1 Å². The van der Waals surface area contributed by atoms with Crippen molar-refractivity contribution in [3.05, 3.63) is 58.6 Å². The molecule has 1 heterocycles. The highest BCUT2D eigenvalue weighted by atomic mass is 35.5. The monoisotopic (exact) mass is 359 g/mol. The van der Waals surface area contributed by atoms with E-state index in [1.807, 2.05) is 11.4 Å². The summed E-state index contributed by atoms with van der Waals surface area (Å²) in [6.07, 6.45) is 0.148. The molecule has 0 atom stereocenters. The lowest BCUT2D eigenvalue weighted by molar-refractivity contribution is -0.115. The summed E-state index contributed by atoms with van der Waals surface area (Å²) in [4.78, 5) is 16.5. The van der Waals surface area contributed by atoms with Crippen LogP contribution in [0, 0.1) is 0 Å². The van der Waals surface area contributed by atoms with E-state index < -0.39 is 0 Å². The third kappa shape index (κ3) is 3.84. The number of phenolic OH excluding ortho intramolecular Hbond substituents is 1. The quantitative estimate of drug-likeness (QED) is 0.616. The van der Waals surface area contributed by atoms with Gasteiger partial charge in [0.1, 0.15) is 10.8 Å². The first-order chi connectivity index (χ1) is 11.5. The van der Waals surface area contributed by atoms with Crippen molar-refractivity contribution >= 4 is 40.2 Å². The van der Waals surface area contributed by atoms with Crippen molar-refractivity contribution < 1.29 is 9.90 Å². The molecule has 0 aliphatic carbocycles. The largest absolute Gasteiger partial charge is 0.508 e. The first kappa shape index (κ1) is 16.3. The van der Waals surface area contributed by atoms with Gasteiger partial charge in [-0.2, -0.15) is 0 Å². The molecule has 4 N–H and O–H groups in total. The van der Waals surface area contributed by atoms with Gasteiger partial charge in [-0.25, -0.2) is 4.98 Å². The van der Waals surface area contributed by atoms with Crippen LogP contribution in [0.25, 0.3) is 10.6 Å². The second-order valence-corrected chi connectivity index (χ2v) is 6.42. The predicted octanol–water partition coefficient (Wildman–Crippen LogP) is 3.93. The molecule has 5 nitrogen and oxygen atoms in total. The van der Waals surface area contributed by atoms with Crippen molar-refractivity contribution in [3.63, 3.8) is 0 Å². The second-order valence-electron chi connectivity index (χ2n) is 5.16. The number of amides is 1. The Morgan fingerprint density at radius 1 is 1.29 bits per heavy atom. The molecule has 7 heteroatoms. The van der Waals surface area contributed by atoms with Crippen molar-refractivity contribution in [1.29, 1.82) is 0 Å². The Morgan fingerprint density at radius 2 is 2.12 bits per heavy atom. The number of nitrogen functional groups attached to an aromatic ring is 1. The fraction of sp³-hybridized carbons (Fsp3) is 0.0588. The van der Waals surface area contributed by atoms with Crippen LogP contribution in [0.1, 0.15) is 5.69 Å². The zero-order valence-corrected chi connectivity index (χ0v) is 14.1. The van der Waals surface area contributed by atoms with E-state index in [0.717, 1.165) is 10.6 Å². The third-order valence-corrected chi connectivity index (χ3v) is 4.55. The van der Waals surface area contributed by atoms with E-state index in [4.69, 9.17) is 17.3 Å². The first-order valence-electron chi connectivity index (χ1n) is 7.10. The summed E-state index contributed by atoms with van der Waals surface area (Å²) in [6, 6.07) is 11.7.